The van der Waals surface area contributed by atoms with Crippen LogP contribution in [0.15, 0.2) is 0 Å². The molecule has 1 aliphatic carbocycles. The van der Waals surface area contributed by atoms with Gasteiger partial charge < -0.3 is 5.11 Å². The van der Waals surface area contributed by atoms with E-state index in [1.165, 1.54) is 51.6 Å². The molecule has 0 aromatic carbocycles. The van der Waals surface area contributed by atoms with Crippen molar-refractivity contribution in [1.29, 1.82) is 0 Å². The minimum atomic E-state index is 0.205. The molecule has 70 valence electrons. The molecular weight excluding hydrogens is 150 g/mol. The van der Waals surface area contributed by atoms with Gasteiger partial charge >= 0.3 is 0 Å². The van der Waals surface area contributed by atoms with E-state index in [2.05, 4.69) is 4.90 Å². The lowest BCUT2D eigenvalue weighted by molar-refractivity contribution is 0.0525. The van der Waals surface area contributed by atoms with Crippen LogP contribution in [0.25, 0.3) is 0 Å². The maximum Gasteiger partial charge on any atom is 0.0615 e. The summed E-state index contributed by atoms with van der Waals surface area (Å²) in [6, 6.07) is 0. The van der Waals surface area contributed by atoms with Crippen LogP contribution in [0.4, 0.5) is 0 Å². The third-order valence-corrected chi connectivity index (χ3v) is 3.61. The molecule has 0 aromatic heterocycles. The van der Waals surface area contributed by atoms with Crippen molar-refractivity contribution < 1.29 is 5.11 Å². The van der Waals surface area contributed by atoms with Crippen molar-refractivity contribution in [2.45, 2.75) is 44.1 Å². The van der Waals surface area contributed by atoms with Crippen LogP contribution in [-0.4, -0.2) is 35.2 Å². The van der Waals surface area contributed by atoms with Gasteiger partial charge in [0.25, 0.3) is 0 Å². The summed E-state index contributed by atoms with van der Waals surface area (Å²) in [5, 5.41) is 9.44. The fourth-order valence-electron chi connectivity index (χ4n) is 2.80. The monoisotopic (exact) mass is 169 g/mol. The molecule has 0 bridgehead atoms. The number of aliphatic hydroxyl groups is 1. The summed E-state index contributed by atoms with van der Waals surface area (Å²) in [7, 11) is 0. The first kappa shape index (κ1) is 8.52. The van der Waals surface area contributed by atoms with Crippen molar-refractivity contribution >= 4 is 0 Å². The zero-order chi connectivity index (χ0) is 8.44. The van der Waals surface area contributed by atoms with Crippen LogP contribution in [0.5, 0.6) is 0 Å². The van der Waals surface area contributed by atoms with Crippen molar-refractivity contribution in [2.24, 2.45) is 0 Å². The van der Waals surface area contributed by atoms with Crippen LogP contribution in [0.3, 0.4) is 0 Å². The highest BCUT2D eigenvalue weighted by atomic mass is 16.3. The molecule has 0 spiro atoms. The fourth-order valence-corrected chi connectivity index (χ4v) is 2.80. The Morgan fingerprint density at radius 1 is 1.00 bits per heavy atom. The molecule has 0 aromatic rings. The van der Waals surface area contributed by atoms with Gasteiger partial charge in [-0.05, 0) is 38.8 Å². The topological polar surface area (TPSA) is 23.5 Å². The Hall–Kier alpha value is -0.0800. The van der Waals surface area contributed by atoms with E-state index < -0.39 is 0 Å². The zero-order valence-corrected chi connectivity index (χ0v) is 7.76. The van der Waals surface area contributed by atoms with Gasteiger partial charge in [0, 0.05) is 5.54 Å². The summed E-state index contributed by atoms with van der Waals surface area (Å²) in [5.74, 6) is 0. The molecule has 1 aliphatic heterocycles. The lowest BCUT2D eigenvalue weighted by atomic mass is 9.97. The number of nitrogens with zero attached hydrogens (tertiary/aromatic N) is 1. The number of hydrogen-bond acceptors (Lipinski definition) is 2. The third-order valence-electron chi connectivity index (χ3n) is 3.61. The van der Waals surface area contributed by atoms with Crippen LogP contribution < -0.4 is 0 Å². The van der Waals surface area contributed by atoms with Gasteiger partial charge in [0.05, 0.1) is 6.61 Å². The van der Waals surface area contributed by atoms with E-state index in [0.717, 1.165) is 0 Å². The van der Waals surface area contributed by atoms with Gasteiger partial charge in [0.15, 0.2) is 0 Å². The normalized spacial score (nSPS) is 29.8. The van der Waals surface area contributed by atoms with Gasteiger partial charge in [0.2, 0.25) is 0 Å². The van der Waals surface area contributed by atoms with Crippen LogP contribution in [0, 0.1) is 0 Å². The summed E-state index contributed by atoms with van der Waals surface area (Å²) < 4.78 is 0. The molecule has 2 heteroatoms. The van der Waals surface area contributed by atoms with E-state index in [4.69, 9.17) is 0 Å². The van der Waals surface area contributed by atoms with E-state index in [9.17, 15) is 5.11 Å². The SMILES string of the molecule is OCC1(N2CCCC2)CCCC1. The maximum atomic E-state index is 9.44. The zero-order valence-electron chi connectivity index (χ0n) is 7.76. The molecule has 0 radical (unpaired) electrons. The predicted octanol–water partition coefficient (Wildman–Crippen LogP) is 1.39. The number of likely N-dealkylation sites (tertiary alicyclic amines) is 1. The summed E-state index contributed by atoms with van der Waals surface area (Å²) in [6.07, 6.45) is 7.75. The first-order valence-electron chi connectivity index (χ1n) is 5.23. The van der Waals surface area contributed by atoms with E-state index in [1.807, 2.05) is 0 Å². The summed E-state index contributed by atoms with van der Waals surface area (Å²) in [4.78, 5) is 2.53. The second kappa shape index (κ2) is 3.35. The Bertz CT molecular complexity index is 146. The molecule has 1 heterocycles. The molecule has 1 N–H and O–H groups in total. The average Bonchev–Trinajstić information content (AvgIpc) is 2.76. The molecular formula is C10H19NO. The highest BCUT2D eigenvalue weighted by Crippen LogP contribution is 2.36. The van der Waals surface area contributed by atoms with Gasteiger partial charge in [-0.1, -0.05) is 12.8 Å². The van der Waals surface area contributed by atoms with Crippen LogP contribution in [0.2, 0.25) is 0 Å². The fraction of sp³-hybridized carbons (Fsp3) is 1.00. The highest BCUT2D eigenvalue weighted by Gasteiger charge is 2.39. The Morgan fingerprint density at radius 2 is 1.58 bits per heavy atom. The Morgan fingerprint density at radius 3 is 2.08 bits per heavy atom. The largest absolute Gasteiger partial charge is 0.394 e. The van der Waals surface area contributed by atoms with Crippen LogP contribution >= 0.6 is 0 Å². The minimum Gasteiger partial charge on any atom is -0.394 e. The Labute approximate surface area is 74.6 Å². The Balaban J connectivity index is 2.04. The molecule has 1 saturated carbocycles. The van der Waals surface area contributed by atoms with Crippen LogP contribution in [0.1, 0.15) is 38.5 Å². The quantitative estimate of drug-likeness (QED) is 0.675. The predicted molar refractivity (Wildman–Crippen MR) is 49.1 cm³/mol. The molecule has 2 rings (SSSR count). The van der Waals surface area contributed by atoms with Crippen LogP contribution in [-0.2, 0) is 0 Å². The van der Waals surface area contributed by atoms with Gasteiger partial charge in [0.1, 0.15) is 0 Å². The molecule has 1 saturated heterocycles. The minimum absolute atomic E-state index is 0.205. The van der Waals surface area contributed by atoms with E-state index in [-0.39, 0.29) is 5.54 Å². The molecule has 0 atom stereocenters. The van der Waals surface area contributed by atoms with Gasteiger partial charge in [-0.2, -0.15) is 0 Å². The maximum absolute atomic E-state index is 9.44. The third kappa shape index (κ3) is 1.27. The molecule has 2 aliphatic rings. The second-order valence-electron chi connectivity index (χ2n) is 4.28. The average molecular weight is 169 g/mol. The standard InChI is InChI=1S/C10H19NO/c12-9-10(5-1-2-6-10)11-7-3-4-8-11/h12H,1-9H2. The molecule has 2 fully saturated rings. The van der Waals surface area contributed by atoms with Crippen molar-refractivity contribution in [1.82, 2.24) is 4.90 Å². The smallest absolute Gasteiger partial charge is 0.0615 e. The highest BCUT2D eigenvalue weighted by molar-refractivity contribution is 4.95. The molecule has 0 unspecified atom stereocenters. The molecule has 12 heavy (non-hydrogen) atoms. The number of rotatable bonds is 2. The second-order valence-corrected chi connectivity index (χ2v) is 4.28. The summed E-state index contributed by atoms with van der Waals surface area (Å²) in [6.45, 7) is 2.83. The first-order chi connectivity index (χ1) is 5.87. The number of aliphatic hydroxyl groups excluding tert-OH is 1. The van der Waals surface area contributed by atoms with Crippen molar-refractivity contribution in [3.8, 4) is 0 Å². The van der Waals surface area contributed by atoms with Crippen molar-refractivity contribution in [2.75, 3.05) is 19.7 Å². The Kier molecular flexibility index (Phi) is 2.37. The van der Waals surface area contributed by atoms with Gasteiger partial charge in [-0.25, -0.2) is 0 Å². The number of hydrogen-bond donors (Lipinski definition) is 1. The first-order valence-corrected chi connectivity index (χ1v) is 5.23. The van der Waals surface area contributed by atoms with Gasteiger partial charge in [-0.3, -0.25) is 4.90 Å². The van der Waals surface area contributed by atoms with Gasteiger partial charge in [-0.15, -0.1) is 0 Å². The molecule has 2 nitrogen and oxygen atoms in total. The van der Waals surface area contributed by atoms with E-state index in [0.29, 0.717) is 6.61 Å². The summed E-state index contributed by atoms with van der Waals surface area (Å²) >= 11 is 0. The lowest BCUT2D eigenvalue weighted by Crippen LogP contribution is -2.47. The molecule has 0 amide bonds. The van der Waals surface area contributed by atoms with Crippen molar-refractivity contribution in [3.63, 3.8) is 0 Å². The van der Waals surface area contributed by atoms with E-state index in [1.54, 1.807) is 0 Å². The lowest BCUT2D eigenvalue weighted by Gasteiger charge is -2.37. The summed E-state index contributed by atoms with van der Waals surface area (Å²) in [5.41, 5.74) is 0.205. The van der Waals surface area contributed by atoms with E-state index >= 15 is 0 Å². The van der Waals surface area contributed by atoms with Crippen molar-refractivity contribution in [3.05, 3.63) is 0 Å².